The Balaban J connectivity index is 1.60. The fourth-order valence-electron chi connectivity index (χ4n) is 1.91. The van der Waals surface area contributed by atoms with Gasteiger partial charge in [0.05, 0.1) is 5.69 Å². The zero-order valence-corrected chi connectivity index (χ0v) is 12.7. The lowest BCUT2D eigenvalue weighted by Crippen LogP contribution is -2.28. The first kappa shape index (κ1) is 15.6. The van der Waals surface area contributed by atoms with Gasteiger partial charge in [-0.25, -0.2) is 13.9 Å². The number of nitrogens with zero attached hydrogens (tertiary/aromatic N) is 4. The number of carbonyl (C=O) groups excluding carboxylic acids is 1. The molecular weight excluding hydrogens is 315 g/mol. The first-order valence-electron chi connectivity index (χ1n) is 7.09. The third kappa shape index (κ3) is 3.72. The molecule has 0 spiro atoms. The number of hydrogen-bond donors (Lipinski definition) is 0. The van der Waals surface area contributed by atoms with Gasteiger partial charge < -0.3 is 9.47 Å². The Bertz CT molecular complexity index is 804. The first-order valence-corrected chi connectivity index (χ1v) is 7.09. The van der Waals surface area contributed by atoms with Gasteiger partial charge in [-0.3, -0.25) is 0 Å². The van der Waals surface area contributed by atoms with Crippen molar-refractivity contribution >= 4 is 5.97 Å². The number of benzene rings is 2. The number of aromatic nitrogens is 4. The summed E-state index contributed by atoms with van der Waals surface area (Å²) in [4.78, 5) is 12.0. The fraction of sp³-hybridized carbons (Fsp3) is 0.125. The van der Waals surface area contributed by atoms with Gasteiger partial charge in [0.25, 0.3) is 0 Å². The molecule has 0 fully saturated rings. The minimum atomic E-state index is -0.838. The van der Waals surface area contributed by atoms with E-state index >= 15 is 0 Å². The van der Waals surface area contributed by atoms with Crippen molar-refractivity contribution in [3.63, 3.8) is 0 Å². The smallest absolute Gasteiger partial charge is 0.352 e. The molecule has 1 aromatic heterocycles. The van der Waals surface area contributed by atoms with Gasteiger partial charge in [-0.05, 0) is 65.9 Å². The third-order valence-electron chi connectivity index (χ3n) is 3.13. The monoisotopic (exact) mass is 328 g/mol. The standard InChI is InChI=1S/C16H13FN4O3/c1-11(23-14-6-2-12(17)3-7-14)16(22)24-15-8-4-13(5-9-15)21-10-18-19-20-21/h2-11H,1H3/t11-/m0/s1. The third-order valence-corrected chi connectivity index (χ3v) is 3.13. The lowest BCUT2D eigenvalue weighted by molar-refractivity contribution is -0.141. The molecule has 2 aromatic carbocycles. The van der Waals surface area contributed by atoms with E-state index in [9.17, 15) is 9.18 Å². The molecule has 1 heterocycles. The van der Waals surface area contributed by atoms with Gasteiger partial charge >= 0.3 is 5.97 Å². The van der Waals surface area contributed by atoms with Crippen molar-refractivity contribution < 1.29 is 18.7 Å². The van der Waals surface area contributed by atoms with Crippen molar-refractivity contribution in [1.82, 2.24) is 20.2 Å². The van der Waals surface area contributed by atoms with Gasteiger partial charge in [0.15, 0.2) is 6.10 Å². The second-order valence-corrected chi connectivity index (χ2v) is 4.88. The number of hydrogen-bond acceptors (Lipinski definition) is 6. The highest BCUT2D eigenvalue weighted by molar-refractivity contribution is 5.77. The highest BCUT2D eigenvalue weighted by atomic mass is 19.1. The highest BCUT2D eigenvalue weighted by Gasteiger charge is 2.17. The summed E-state index contributed by atoms with van der Waals surface area (Å²) >= 11 is 0. The van der Waals surface area contributed by atoms with Crippen LogP contribution in [0.3, 0.4) is 0 Å². The maximum Gasteiger partial charge on any atom is 0.352 e. The number of rotatable bonds is 5. The van der Waals surface area contributed by atoms with Crippen LogP contribution in [0.5, 0.6) is 11.5 Å². The number of esters is 1. The van der Waals surface area contributed by atoms with Crippen LogP contribution in [0, 0.1) is 5.82 Å². The summed E-state index contributed by atoms with van der Waals surface area (Å²) in [5.41, 5.74) is 0.732. The Kier molecular flexibility index (Phi) is 4.46. The Labute approximate surface area is 136 Å². The van der Waals surface area contributed by atoms with E-state index in [-0.39, 0.29) is 5.82 Å². The minimum absolute atomic E-state index is 0.367. The van der Waals surface area contributed by atoms with Gasteiger partial charge in [0.1, 0.15) is 23.6 Å². The van der Waals surface area contributed by atoms with Crippen LogP contribution in [0.15, 0.2) is 54.9 Å². The van der Waals surface area contributed by atoms with Crippen molar-refractivity contribution in [2.45, 2.75) is 13.0 Å². The highest BCUT2D eigenvalue weighted by Crippen LogP contribution is 2.17. The Morgan fingerprint density at radius 3 is 2.38 bits per heavy atom. The average molecular weight is 328 g/mol. The SMILES string of the molecule is C[C@H](Oc1ccc(F)cc1)C(=O)Oc1ccc(-n2cnnn2)cc1. The predicted octanol–water partition coefficient (Wildman–Crippen LogP) is 2.17. The van der Waals surface area contributed by atoms with Crippen LogP contribution in [-0.4, -0.2) is 32.3 Å². The number of carbonyl (C=O) groups is 1. The lowest BCUT2D eigenvalue weighted by Gasteiger charge is -2.14. The molecule has 0 aliphatic rings. The fourth-order valence-corrected chi connectivity index (χ4v) is 1.91. The zero-order valence-electron chi connectivity index (χ0n) is 12.7. The van der Waals surface area contributed by atoms with Crippen LogP contribution in [0.4, 0.5) is 4.39 Å². The molecule has 0 radical (unpaired) electrons. The van der Waals surface area contributed by atoms with E-state index in [1.165, 1.54) is 35.3 Å². The zero-order chi connectivity index (χ0) is 16.9. The van der Waals surface area contributed by atoms with Crippen LogP contribution in [0.1, 0.15) is 6.92 Å². The van der Waals surface area contributed by atoms with Crippen molar-refractivity contribution in [3.8, 4) is 17.2 Å². The molecule has 0 N–H and O–H groups in total. The van der Waals surface area contributed by atoms with E-state index in [1.54, 1.807) is 31.2 Å². The van der Waals surface area contributed by atoms with E-state index in [2.05, 4.69) is 15.5 Å². The van der Waals surface area contributed by atoms with Gasteiger partial charge in [-0.2, -0.15) is 0 Å². The maximum atomic E-state index is 12.8. The van der Waals surface area contributed by atoms with Crippen LogP contribution in [-0.2, 0) is 4.79 Å². The van der Waals surface area contributed by atoms with Crippen LogP contribution in [0.25, 0.3) is 5.69 Å². The molecule has 0 saturated heterocycles. The van der Waals surface area contributed by atoms with Crippen LogP contribution >= 0.6 is 0 Å². The lowest BCUT2D eigenvalue weighted by atomic mass is 10.3. The van der Waals surface area contributed by atoms with E-state index in [0.717, 1.165) is 5.69 Å². The molecule has 122 valence electrons. The van der Waals surface area contributed by atoms with Crippen molar-refractivity contribution in [1.29, 1.82) is 0 Å². The minimum Gasteiger partial charge on any atom is -0.479 e. The molecule has 1 atom stereocenters. The van der Waals surface area contributed by atoms with Crippen molar-refractivity contribution in [3.05, 3.63) is 60.7 Å². The van der Waals surface area contributed by atoms with Crippen molar-refractivity contribution in [2.24, 2.45) is 0 Å². The summed E-state index contributed by atoms with van der Waals surface area (Å²) in [5, 5.41) is 10.8. The summed E-state index contributed by atoms with van der Waals surface area (Å²) in [6.07, 6.45) is 0.620. The molecule has 0 bridgehead atoms. The Morgan fingerprint density at radius 1 is 1.08 bits per heavy atom. The van der Waals surface area contributed by atoms with Crippen LogP contribution in [0.2, 0.25) is 0 Å². The molecular formula is C16H13FN4O3. The molecule has 7 nitrogen and oxygen atoms in total. The largest absolute Gasteiger partial charge is 0.479 e. The summed E-state index contributed by atoms with van der Waals surface area (Å²) < 4.78 is 25.0. The van der Waals surface area contributed by atoms with Gasteiger partial charge in [-0.15, -0.1) is 5.10 Å². The molecule has 8 heteroatoms. The van der Waals surface area contributed by atoms with E-state index in [4.69, 9.17) is 9.47 Å². The normalized spacial score (nSPS) is 11.8. The molecule has 0 saturated carbocycles. The Morgan fingerprint density at radius 2 is 1.75 bits per heavy atom. The summed E-state index contributed by atoms with van der Waals surface area (Å²) in [5.74, 6) is -0.184. The quantitative estimate of drug-likeness (QED) is 0.527. The molecule has 0 aliphatic carbocycles. The van der Waals surface area contributed by atoms with Gasteiger partial charge in [0, 0.05) is 0 Å². The Hall–Kier alpha value is -3.29. The van der Waals surface area contributed by atoms with Gasteiger partial charge in [-0.1, -0.05) is 0 Å². The molecule has 0 amide bonds. The topological polar surface area (TPSA) is 79.1 Å². The molecule has 3 aromatic rings. The molecule has 3 rings (SSSR count). The van der Waals surface area contributed by atoms with Crippen LogP contribution < -0.4 is 9.47 Å². The summed E-state index contributed by atoms with van der Waals surface area (Å²) in [7, 11) is 0. The molecule has 0 unspecified atom stereocenters. The first-order chi connectivity index (χ1) is 11.6. The van der Waals surface area contributed by atoms with Crippen molar-refractivity contribution in [2.75, 3.05) is 0 Å². The summed E-state index contributed by atoms with van der Waals surface area (Å²) in [6, 6.07) is 12.1. The number of ether oxygens (including phenoxy) is 2. The predicted molar refractivity (Wildman–Crippen MR) is 81.3 cm³/mol. The second kappa shape index (κ2) is 6.86. The number of tetrazole rings is 1. The van der Waals surface area contributed by atoms with E-state index in [0.29, 0.717) is 11.5 Å². The maximum absolute atomic E-state index is 12.8. The van der Waals surface area contributed by atoms with E-state index < -0.39 is 12.1 Å². The average Bonchev–Trinajstić information content (AvgIpc) is 3.12. The molecule has 0 aliphatic heterocycles. The molecule has 24 heavy (non-hydrogen) atoms. The summed E-state index contributed by atoms with van der Waals surface area (Å²) in [6.45, 7) is 1.56. The van der Waals surface area contributed by atoms with Gasteiger partial charge in [0.2, 0.25) is 0 Å². The second-order valence-electron chi connectivity index (χ2n) is 4.88. The number of halogens is 1. The van der Waals surface area contributed by atoms with E-state index in [1.807, 2.05) is 0 Å².